The van der Waals surface area contributed by atoms with E-state index in [0.717, 1.165) is 23.5 Å². The molecule has 2 rings (SSSR count). The molecule has 0 fully saturated rings. The molecule has 0 radical (unpaired) electrons. The van der Waals surface area contributed by atoms with E-state index >= 15 is 0 Å². The Labute approximate surface area is 141 Å². The highest BCUT2D eigenvalue weighted by Crippen LogP contribution is 2.25. The smallest absolute Gasteiger partial charge is 0.227 e. The first-order chi connectivity index (χ1) is 9.15. The van der Waals surface area contributed by atoms with Gasteiger partial charge in [0.05, 0.1) is 17.7 Å². The standard InChI is InChI=1S/C13H20N4OS.2ClH/c1-3-13(4-2,9-14)11(18)15-7-10-8-17-5-6-19-12(17)16-10;;/h5-6,8H,3-4,7,9,14H2,1-2H3,(H,15,18);2*1H. The number of hydrogen-bond donors (Lipinski definition) is 2. The van der Waals surface area contributed by atoms with E-state index < -0.39 is 5.41 Å². The molecule has 21 heavy (non-hydrogen) atoms. The van der Waals surface area contributed by atoms with Crippen LogP contribution in [0.4, 0.5) is 0 Å². The quantitative estimate of drug-likeness (QED) is 0.839. The average Bonchev–Trinajstić information content (AvgIpc) is 2.99. The second-order valence-corrected chi connectivity index (χ2v) is 5.57. The molecular weight excluding hydrogens is 331 g/mol. The van der Waals surface area contributed by atoms with Crippen LogP contribution < -0.4 is 11.1 Å². The van der Waals surface area contributed by atoms with Gasteiger partial charge in [0.15, 0.2) is 4.96 Å². The molecule has 0 unspecified atom stereocenters. The summed E-state index contributed by atoms with van der Waals surface area (Å²) in [6.45, 7) is 4.84. The van der Waals surface area contributed by atoms with Crippen LogP contribution in [0.5, 0.6) is 0 Å². The van der Waals surface area contributed by atoms with Gasteiger partial charge in [0.2, 0.25) is 5.91 Å². The fourth-order valence-electron chi connectivity index (χ4n) is 2.17. The molecule has 0 bridgehead atoms. The van der Waals surface area contributed by atoms with Crippen LogP contribution in [0.2, 0.25) is 0 Å². The Morgan fingerprint density at radius 3 is 2.62 bits per heavy atom. The molecule has 0 saturated carbocycles. The van der Waals surface area contributed by atoms with E-state index in [2.05, 4.69) is 10.3 Å². The highest BCUT2D eigenvalue weighted by Gasteiger charge is 2.33. The number of imidazole rings is 1. The normalized spacial score (nSPS) is 10.8. The molecule has 120 valence electrons. The van der Waals surface area contributed by atoms with Crippen LogP contribution >= 0.6 is 36.2 Å². The predicted molar refractivity (Wildman–Crippen MR) is 91.5 cm³/mol. The number of aromatic nitrogens is 2. The molecule has 0 saturated heterocycles. The molecule has 2 heterocycles. The van der Waals surface area contributed by atoms with Crippen molar-refractivity contribution >= 4 is 47.0 Å². The molecule has 0 aliphatic rings. The SMILES string of the molecule is CCC(CC)(CN)C(=O)NCc1cn2ccsc2n1.Cl.Cl. The van der Waals surface area contributed by atoms with Gasteiger partial charge >= 0.3 is 0 Å². The molecular formula is C13H22Cl2N4OS. The summed E-state index contributed by atoms with van der Waals surface area (Å²) in [5, 5.41) is 4.94. The first kappa shape index (κ1) is 20.2. The van der Waals surface area contributed by atoms with Crippen LogP contribution in [0.1, 0.15) is 32.4 Å². The van der Waals surface area contributed by atoms with Crippen molar-refractivity contribution in [3.63, 3.8) is 0 Å². The van der Waals surface area contributed by atoms with Gasteiger partial charge in [-0.15, -0.1) is 36.2 Å². The van der Waals surface area contributed by atoms with Crippen LogP contribution in [-0.2, 0) is 11.3 Å². The van der Waals surface area contributed by atoms with Gasteiger partial charge in [0.25, 0.3) is 0 Å². The van der Waals surface area contributed by atoms with E-state index in [-0.39, 0.29) is 30.7 Å². The molecule has 5 nitrogen and oxygen atoms in total. The van der Waals surface area contributed by atoms with E-state index in [1.165, 1.54) is 0 Å². The van der Waals surface area contributed by atoms with Gasteiger partial charge < -0.3 is 11.1 Å². The van der Waals surface area contributed by atoms with Crippen molar-refractivity contribution in [1.29, 1.82) is 0 Å². The van der Waals surface area contributed by atoms with Crippen molar-refractivity contribution in [2.45, 2.75) is 33.2 Å². The molecule has 0 atom stereocenters. The maximum atomic E-state index is 12.3. The number of nitrogens with zero attached hydrogens (tertiary/aromatic N) is 2. The lowest BCUT2D eigenvalue weighted by atomic mass is 9.81. The summed E-state index contributed by atoms with van der Waals surface area (Å²) >= 11 is 1.58. The molecule has 3 N–H and O–H groups in total. The Balaban J connectivity index is 0.00000200. The second-order valence-electron chi connectivity index (χ2n) is 4.70. The van der Waals surface area contributed by atoms with Gasteiger partial charge in [-0.05, 0) is 12.8 Å². The Bertz CT molecular complexity index is 529. The third-order valence-corrected chi connectivity index (χ3v) is 4.57. The average molecular weight is 353 g/mol. The third-order valence-electron chi connectivity index (χ3n) is 3.80. The Kier molecular flexibility index (Phi) is 8.25. The monoisotopic (exact) mass is 352 g/mol. The highest BCUT2D eigenvalue weighted by molar-refractivity contribution is 7.15. The molecule has 2 aromatic heterocycles. The number of nitrogens with one attached hydrogen (secondary N) is 1. The lowest BCUT2D eigenvalue weighted by Gasteiger charge is -2.28. The predicted octanol–water partition coefficient (Wildman–Crippen LogP) is 2.62. The summed E-state index contributed by atoms with van der Waals surface area (Å²) in [7, 11) is 0. The van der Waals surface area contributed by atoms with Gasteiger partial charge in [-0.3, -0.25) is 9.20 Å². The van der Waals surface area contributed by atoms with Crippen LogP contribution in [0.3, 0.4) is 0 Å². The zero-order chi connectivity index (χ0) is 13.9. The molecule has 0 spiro atoms. The topological polar surface area (TPSA) is 72.4 Å². The summed E-state index contributed by atoms with van der Waals surface area (Å²) in [4.78, 5) is 17.6. The number of carbonyl (C=O) groups excluding carboxylic acids is 1. The lowest BCUT2D eigenvalue weighted by Crippen LogP contribution is -2.45. The number of fused-ring (bicyclic) bond motifs is 1. The maximum absolute atomic E-state index is 12.3. The first-order valence-electron chi connectivity index (χ1n) is 6.54. The molecule has 1 amide bonds. The fourth-order valence-corrected chi connectivity index (χ4v) is 2.89. The highest BCUT2D eigenvalue weighted by atomic mass is 35.5. The van der Waals surface area contributed by atoms with Crippen LogP contribution in [0.15, 0.2) is 17.8 Å². The van der Waals surface area contributed by atoms with E-state index in [1.807, 2.05) is 36.0 Å². The Morgan fingerprint density at radius 2 is 2.10 bits per heavy atom. The van der Waals surface area contributed by atoms with E-state index in [0.29, 0.717) is 13.1 Å². The zero-order valence-electron chi connectivity index (χ0n) is 12.2. The minimum Gasteiger partial charge on any atom is -0.350 e. The number of thiazole rings is 1. The van der Waals surface area contributed by atoms with Crippen molar-refractivity contribution < 1.29 is 4.79 Å². The minimum absolute atomic E-state index is 0. The number of hydrogen-bond acceptors (Lipinski definition) is 4. The first-order valence-corrected chi connectivity index (χ1v) is 7.42. The summed E-state index contributed by atoms with van der Waals surface area (Å²) in [5.41, 5.74) is 6.19. The molecule has 2 aromatic rings. The summed E-state index contributed by atoms with van der Waals surface area (Å²) < 4.78 is 1.96. The van der Waals surface area contributed by atoms with E-state index in [9.17, 15) is 4.79 Å². The number of halogens is 2. The Hall–Kier alpha value is -0.820. The largest absolute Gasteiger partial charge is 0.350 e. The fraction of sp³-hybridized carbons (Fsp3) is 0.538. The molecule has 0 aliphatic carbocycles. The third kappa shape index (κ3) is 4.10. The van der Waals surface area contributed by atoms with Crippen molar-refractivity contribution in [1.82, 2.24) is 14.7 Å². The van der Waals surface area contributed by atoms with Crippen molar-refractivity contribution in [3.05, 3.63) is 23.5 Å². The van der Waals surface area contributed by atoms with Gasteiger partial charge in [-0.2, -0.15) is 0 Å². The summed E-state index contributed by atoms with van der Waals surface area (Å²) in [6.07, 6.45) is 5.41. The molecule has 8 heteroatoms. The lowest BCUT2D eigenvalue weighted by molar-refractivity contribution is -0.131. The van der Waals surface area contributed by atoms with Crippen LogP contribution in [0, 0.1) is 5.41 Å². The van der Waals surface area contributed by atoms with Gasteiger partial charge in [0.1, 0.15) is 0 Å². The summed E-state index contributed by atoms with van der Waals surface area (Å²) in [5.74, 6) is 0.0244. The molecule has 0 aromatic carbocycles. The molecule has 0 aliphatic heterocycles. The maximum Gasteiger partial charge on any atom is 0.227 e. The van der Waals surface area contributed by atoms with Gasteiger partial charge in [-0.1, -0.05) is 13.8 Å². The van der Waals surface area contributed by atoms with Crippen LogP contribution in [-0.4, -0.2) is 21.8 Å². The summed E-state index contributed by atoms with van der Waals surface area (Å²) in [6, 6.07) is 0. The van der Waals surface area contributed by atoms with E-state index in [1.54, 1.807) is 11.3 Å². The zero-order valence-corrected chi connectivity index (χ0v) is 14.6. The van der Waals surface area contributed by atoms with Crippen LogP contribution in [0.25, 0.3) is 4.96 Å². The Morgan fingerprint density at radius 1 is 1.43 bits per heavy atom. The minimum atomic E-state index is -0.447. The van der Waals surface area contributed by atoms with Gasteiger partial charge in [-0.25, -0.2) is 4.98 Å². The number of carbonyl (C=O) groups is 1. The van der Waals surface area contributed by atoms with E-state index in [4.69, 9.17) is 5.73 Å². The second kappa shape index (κ2) is 8.58. The van der Waals surface area contributed by atoms with Gasteiger partial charge in [0, 0.05) is 24.3 Å². The number of amides is 1. The van der Waals surface area contributed by atoms with Crippen molar-refractivity contribution in [2.24, 2.45) is 11.1 Å². The number of nitrogens with two attached hydrogens (primary N) is 1. The van der Waals surface area contributed by atoms with Crippen molar-refractivity contribution in [3.8, 4) is 0 Å². The van der Waals surface area contributed by atoms with Crippen molar-refractivity contribution in [2.75, 3.05) is 6.54 Å². The number of rotatable bonds is 6.